The lowest BCUT2D eigenvalue weighted by molar-refractivity contribution is 0.588. The van der Waals surface area contributed by atoms with E-state index < -0.39 is 0 Å². The van der Waals surface area contributed by atoms with Crippen molar-refractivity contribution < 1.29 is 0 Å². The molecule has 2 rings (SSSR count). The van der Waals surface area contributed by atoms with Gasteiger partial charge in [0.1, 0.15) is 0 Å². The summed E-state index contributed by atoms with van der Waals surface area (Å²) >= 11 is 0. The molecule has 2 aromatic rings. The van der Waals surface area contributed by atoms with E-state index in [2.05, 4.69) is 47.1 Å². The SMILES string of the molecule is CC(C)NCc1ccncc1N(C)Cc1ccccn1. The molecular weight excluding hydrogens is 248 g/mol. The zero-order valence-electron chi connectivity index (χ0n) is 12.4. The molecule has 2 heterocycles. The smallest absolute Gasteiger partial charge is 0.0599 e. The second-order valence-electron chi connectivity index (χ2n) is 5.22. The third-order valence-electron chi connectivity index (χ3n) is 3.12. The predicted octanol–water partition coefficient (Wildman–Crippen LogP) is 2.61. The Morgan fingerprint density at radius 2 is 2.05 bits per heavy atom. The summed E-state index contributed by atoms with van der Waals surface area (Å²) in [5.41, 5.74) is 3.46. The van der Waals surface area contributed by atoms with Crippen LogP contribution in [0, 0.1) is 0 Å². The number of hydrogen-bond donors (Lipinski definition) is 1. The highest BCUT2D eigenvalue weighted by molar-refractivity contribution is 5.51. The molecular formula is C16H22N4. The van der Waals surface area contributed by atoms with Crippen molar-refractivity contribution in [1.82, 2.24) is 15.3 Å². The Morgan fingerprint density at radius 3 is 2.75 bits per heavy atom. The normalized spacial score (nSPS) is 10.8. The monoisotopic (exact) mass is 270 g/mol. The second kappa shape index (κ2) is 7.01. The van der Waals surface area contributed by atoms with E-state index in [-0.39, 0.29) is 0 Å². The lowest BCUT2D eigenvalue weighted by Gasteiger charge is -2.22. The predicted molar refractivity (Wildman–Crippen MR) is 82.6 cm³/mol. The number of pyridine rings is 2. The Morgan fingerprint density at radius 1 is 1.20 bits per heavy atom. The van der Waals surface area contributed by atoms with Crippen molar-refractivity contribution in [2.45, 2.75) is 33.0 Å². The maximum Gasteiger partial charge on any atom is 0.0599 e. The van der Waals surface area contributed by atoms with Gasteiger partial charge in [0, 0.05) is 32.0 Å². The van der Waals surface area contributed by atoms with Crippen LogP contribution in [0.3, 0.4) is 0 Å². The Kier molecular flexibility index (Phi) is 5.07. The molecule has 0 saturated carbocycles. The van der Waals surface area contributed by atoms with Gasteiger partial charge >= 0.3 is 0 Å². The van der Waals surface area contributed by atoms with Crippen LogP contribution in [0.1, 0.15) is 25.1 Å². The van der Waals surface area contributed by atoms with Crippen LogP contribution in [0.25, 0.3) is 0 Å². The van der Waals surface area contributed by atoms with Crippen LogP contribution in [0.15, 0.2) is 42.9 Å². The fourth-order valence-electron chi connectivity index (χ4n) is 2.04. The van der Waals surface area contributed by atoms with Gasteiger partial charge in [0.2, 0.25) is 0 Å². The van der Waals surface area contributed by atoms with Crippen LogP contribution in [0.2, 0.25) is 0 Å². The fourth-order valence-corrected chi connectivity index (χ4v) is 2.04. The molecule has 0 radical (unpaired) electrons. The molecule has 0 spiro atoms. The Hall–Kier alpha value is -1.94. The molecule has 0 aliphatic carbocycles. The molecule has 0 atom stereocenters. The topological polar surface area (TPSA) is 41.1 Å². The summed E-state index contributed by atoms with van der Waals surface area (Å²) in [7, 11) is 2.07. The van der Waals surface area contributed by atoms with Gasteiger partial charge < -0.3 is 10.2 Å². The molecule has 0 amide bonds. The van der Waals surface area contributed by atoms with Gasteiger partial charge in [0.15, 0.2) is 0 Å². The Balaban J connectivity index is 2.11. The van der Waals surface area contributed by atoms with Crippen LogP contribution >= 0.6 is 0 Å². The summed E-state index contributed by atoms with van der Waals surface area (Å²) < 4.78 is 0. The standard InChI is InChI=1S/C16H22N4/c1-13(2)19-10-14-7-9-17-11-16(14)20(3)12-15-6-4-5-8-18-15/h4-9,11,13,19H,10,12H2,1-3H3. The maximum atomic E-state index is 4.37. The molecule has 2 aromatic heterocycles. The molecule has 0 bridgehead atoms. The quantitative estimate of drug-likeness (QED) is 0.876. The first-order chi connectivity index (χ1) is 9.66. The van der Waals surface area contributed by atoms with Crippen LogP contribution < -0.4 is 10.2 Å². The van der Waals surface area contributed by atoms with Gasteiger partial charge in [-0.3, -0.25) is 9.97 Å². The van der Waals surface area contributed by atoms with E-state index in [1.165, 1.54) is 5.56 Å². The summed E-state index contributed by atoms with van der Waals surface area (Å²) in [6.07, 6.45) is 5.59. The summed E-state index contributed by atoms with van der Waals surface area (Å²) in [6.45, 7) is 5.93. The van der Waals surface area contributed by atoms with Crippen molar-refractivity contribution in [3.8, 4) is 0 Å². The molecule has 0 aliphatic heterocycles. The Labute approximate surface area is 120 Å². The van der Waals surface area contributed by atoms with Gasteiger partial charge in [-0.25, -0.2) is 0 Å². The van der Waals surface area contributed by atoms with Crippen molar-refractivity contribution >= 4 is 5.69 Å². The third kappa shape index (κ3) is 4.03. The highest BCUT2D eigenvalue weighted by Crippen LogP contribution is 2.19. The van der Waals surface area contributed by atoms with Crippen LogP contribution in [0.4, 0.5) is 5.69 Å². The van der Waals surface area contributed by atoms with E-state index in [0.717, 1.165) is 24.5 Å². The number of nitrogens with one attached hydrogen (secondary N) is 1. The van der Waals surface area contributed by atoms with Gasteiger partial charge in [-0.15, -0.1) is 0 Å². The summed E-state index contributed by atoms with van der Waals surface area (Å²) in [6, 6.07) is 8.53. The number of hydrogen-bond acceptors (Lipinski definition) is 4. The lowest BCUT2D eigenvalue weighted by Crippen LogP contribution is -2.25. The number of aromatic nitrogens is 2. The molecule has 0 saturated heterocycles. The van der Waals surface area contributed by atoms with Crippen molar-refractivity contribution in [3.05, 3.63) is 54.1 Å². The van der Waals surface area contributed by atoms with Crippen LogP contribution in [0.5, 0.6) is 0 Å². The average molecular weight is 270 g/mol. The number of anilines is 1. The number of nitrogens with zero attached hydrogens (tertiary/aromatic N) is 3. The average Bonchev–Trinajstić information content (AvgIpc) is 2.46. The van der Waals surface area contributed by atoms with E-state index in [9.17, 15) is 0 Å². The van der Waals surface area contributed by atoms with E-state index >= 15 is 0 Å². The molecule has 0 aromatic carbocycles. The molecule has 0 fully saturated rings. The zero-order chi connectivity index (χ0) is 14.4. The molecule has 106 valence electrons. The van der Waals surface area contributed by atoms with Crippen LogP contribution in [-0.2, 0) is 13.1 Å². The minimum atomic E-state index is 0.470. The number of rotatable bonds is 6. The first-order valence-electron chi connectivity index (χ1n) is 6.94. The van der Waals surface area contributed by atoms with Gasteiger partial charge in [-0.05, 0) is 23.8 Å². The van der Waals surface area contributed by atoms with Gasteiger partial charge in [-0.1, -0.05) is 19.9 Å². The van der Waals surface area contributed by atoms with E-state index in [4.69, 9.17) is 0 Å². The van der Waals surface area contributed by atoms with Crippen molar-refractivity contribution in [1.29, 1.82) is 0 Å². The largest absolute Gasteiger partial charge is 0.367 e. The summed E-state index contributed by atoms with van der Waals surface area (Å²) in [5, 5.41) is 3.45. The van der Waals surface area contributed by atoms with E-state index in [1.54, 1.807) is 0 Å². The van der Waals surface area contributed by atoms with Crippen molar-refractivity contribution in [3.63, 3.8) is 0 Å². The molecule has 20 heavy (non-hydrogen) atoms. The minimum absolute atomic E-state index is 0.470. The van der Waals surface area contributed by atoms with Crippen LogP contribution in [-0.4, -0.2) is 23.1 Å². The maximum absolute atomic E-state index is 4.37. The molecule has 1 N–H and O–H groups in total. The second-order valence-corrected chi connectivity index (χ2v) is 5.22. The van der Waals surface area contributed by atoms with E-state index in [0.29, 0.717) is 6.04 Å². The minimum Gasteiger partial charge on any atom is -0.367 e. The highest BCUT2D eigenvalue weighted by atomic mass is 15.1. The van der Waals surface area contributed by atoms with Gasteiger partial charge in [0.05, 0.1) is 24.1 Å². The Bertz CT molecular complexity index is 525. The fraction of sp³-hybridized carbons (Fsp3) is 0.375. The third-order valence-corrected chi connectivity index (χ3v) is 3.12. The molecule has 0 unspecified atom stereocenters. The molecule has 0 aliphatic rings. The first-order valence-corrected chi connectivity index (χ1v) is 6.94. The van der Waals surface area contributed by atoms with Crippen molar-refractivity contribution in [2.24, 2.45) is 0 Å². The first kappa shape index (κ1) is 14.5. The van der Waals surface area contributed by atoms with Gasteiger partial charge in [-0.2, -0.15) is 0 Å². The molecule has 4 heteroatoms. The summed E-state index contributed by atoms with van der Waals surface area (Å²) in [5.74, 6) is 0. The van der Waals surface area contributed by atoms with Gasteiger partial charge in [0.25, 0.3) is 0 Å². The molecule has 4 nitrogen and oxygen atoms in total. The van der Waals surface area contributed by atoms with E-state index in [1.807, 2.05) is 36.8 Å². The van der Waals surface area contributed by atoms with Crippen molar-refractivity contribution in [2.75, 3.05) is 11.9 Å². The summed E-state index contributed by atoms with van der Waals surface area (Å²) in [4.78, 5) is 10.8. The lowest BCUT2D eigenvalue weighted by atomic mass is 10.2. The zero-order valence-corrected chi connectivity index (χ0v) is 12.4. The highest BCUT2D eigenvalue weighted by Gasteiger charge is 2.09.